The van der Waals surface area contributed by atoms with E-state index >= 15 is 0 Å². The van der Waals surface area contributed by atoms with Gasteiger partial charge in [0, 0.05) is 25.6 Å². The Kier molecular flexibility index (Phi) is 9.02. The number of benzene rings is 4. The summed E-state index contributed by atoms with van der Waals surface area (Å²) in [5.74, 6) is -0.0285. The molecule has 0 fully saturated rings. The lowest BCUT2D eigenvalue weighted by molar-refractivity contribution is -0.142. The lowest BCUT2D eigenvalue weighted by atomic mass is 10.0. The fourth-order valence-electron chi connectivity index (χ4n) is 4.64. The van der Waals surface area contributed by atoms with Gasteiger partial charge in [-0.1, -0.05) is 78.1 Å². The molecule has 0 radical (unpaired) electrons. The van der Waals surface area contributed by atoms with E-state index in [0.717, 1.165) is 44.7 Å². The minimum Gasteiger partial charge on any atom is -0.494 e. The predicted octanol–water partition coefficient (Wildman–Crippen LogP) is 5.89. The van der Waals surface area contributed by atoms with Crippen molar-refractivity contribution >= 4 is 23.2 Å². The van der Waals surface area contributed by atoms with E-state index in [1.54, 1.807) is 24.1 Å². The topological polar surface area (TPSA) is 109 Å². The summed E-state index contributed by atoms with van der Waals surface area (Å²) in [6.07, 6.45) is 0.475. The average molecular weight is 595 g/mol. The van der Waals surface area contributed by atoms with Gasteiger partial charge >= 0.3 is 10.8 Å². The van der Waals surface area contributed by atoms with Crippen molar-refractivity contribution in [2.45, 2.75) is 13.0 Å². The Balaban J connectivity index is 1.20. The van der Waals surface area contributed by atoms with E-state index in [1.165, 1.54) is 7.11 Å². The van der Waals surface area contributed by atoms with Crippen molar-refractivity contribution < 1.29 is 24.2 Å². The molecule has 1 heterocycles. The number of hydrogen-bond donors (Lipinski definition) is 2. The number of thiazole rings is 1. The van der Waals surface area contributed by atoms with Gasteiger partial charge in [0.15, 0.2) is 6.61 Å². The Labute approximate surface area is 252 Å². The number of carbonyl (C=O) groups excluding carboxylic acids is 2. The van der Waals surface area contributed by atoms with Crippen molar-refractivity contribution in [2.24, 2.45) is 0 Å². The molecular weight excluding hydrogens is 564 g/mol. The van der Waals surface area contributed by atoms with Crippen molar-refractivity contribution in [3.63, 3.8) is 0 Å². The molecule has 2 N–H and O–H groups in total. The molecular formula is C34H30N2O6S. The maximum Gasteiger partial charge on any atom is 0.343 e. The van der Waals surface area contributed by atoms with Crippen LogP contribution in [0.15, 0.2) is 102 Å². The molecule has 9 heteroatoms. The van der Waals surface area contributed by atoms with Gasteiger partial charge in [0.25, 0.3) is 5.91 Å². The molecule has 0 atom stereocenters. The molecule has 0 saturated carbocycles. The van der Waals surface area contributed by atoms with Gasteiger partial charge in [-0.05, 0) is 63.7 Å². The first kappa shape index (κ1) is 29.3. The molecule has 5 rings (SSSR count). The Bertz CT molecular complexity index is 1770. The summed E-state index contributed by atoms with van der Waals surface area (Å²) in [5.41, 5.74) is 6.57. The van der Waals surface area contributed by atoms with Crippen LogP contribution in [-0.4, -0.2) is 47.6 Å². The van der Waals surface area contributed by atoms with Crippen LogP contribution in [0.2, 0.25) is 0 Å². The summed E-state index contributed by atoms with van der Waals surface area (Å²) >= 11 is 1.01. The highest BCUT2D eigenvalue weighted by atomic mass is 32.1. The van der Waals surface area contributed by atoms with Gasteiger partial charge in [0.05, 0.1) is 12.0 Å². The van der Waals surface area contributed by atoms with E-state index in [0.29, 0.717) is 29.2 Å². The number of ether oxygens (including phenoxy) is 2. The molecule has 1 amide bonds. The van der Waals surface area contributed by atoms with Crippen LogP contribution in [0.5, 0.6) is 11.6 Å². The van der Waals surface area contributed by atoms with Crippen LogP contribution in [-0.2, 0) is 22.5 Å². The second kappa shape index (κ2) is 13.2. The van der Waals surface area contributed by atoms with Crippen LogP contribution in [0.4, 0.5) is 0 Å². The highest BCUT2D eigenvalue weighted by Crippen LogP contribution is 2.26. The van der Waals surface area contributed by atoms with Crippen LogP contribution in [0.25, 0.3) is 22.3 Å². The first-order valence-corrected chi connectivity index (χ1v) is 14.4. The van der Waals surface area contributed by atoms with E-state index in [2.05, 4.69) is 15.8 Å². The fraction of sp³-hybridized carbons (Fsp3) is 0.147. The second-order valence-electron chi connectivity index (χ2n) is 9.99. The third kappa shape index (κ3) is 7.38. The SMILES string of the molecule is COC(=O)COc1ccc(-c2ccc(C(=O)N(C)Cc3cccc(-c4ccc(Cc5sc(=O)[nH]c5O)cc4)c3)cc2)cc1. The largest absolute Gasteiger partial charge is 0.494 e. The number of aromatic nitrogens is 1. The molecule has 0 aliphatic rings. The van der Waals surface area contributed by atoms with E-state index in [-0.39, 0.29) is 23.3 Å². The van der Waals surface area contributed by atoms with Crippen LogP contribution in [0.3, 0.4) is 0 Å². The number of nitrogens with zero attached hydrogens (tertiary/aromatic N) is 1. The van der Waals surface area contributed by atoms with Crippen molar-refractivity contribution in [1.82, 2.24) is 9.88 Å². The van der Waals surface area contributed by atoms with E-state index in [1.807, 2.05) is 78.9 Å². The minimum absolute atomic E-state index is 0.0725. The molecule has 0 aliphatic carbocycles. The van der Waals surface area contributed by atoms with Crippen LogP contribution in [0, 0.1) is 0 Å². The van der Waals surface area contributed by atoms with E-state index in [4.69, 9.17) is 4.74 Å². The number of nitrogens with one attached hydrogen (secondary N) is 1. The summed E-state index contributed by atoms with van der Waals surface area (Å²) in [7, 11) is 3.10. The highest BCUT2D eigenvalue weighted by molar-refractivity contribution is 7.09. The molecule has 0 saturated heterocycles. The summed E-state index contributed by atoms with van der Waals surface area (Å²) in [5, 5.41) is 9.85. The molecule has 0 bridgehead atoms. The number of aromatic hydroxyl groups is 1. The first-order valence-electron chi connectivity index (χ1n) is 13.5. The van der Waals surface area contributed by atoms with Gasteiger partial charge in [-0.15, -0.1) is 0 Å². The quantitative estimate of drug-likeness (QED) is 0.195. The Morgan fingerprint density at radius 1 is 0.837 bits per heavy atom. The number of aromatic amines is 1. The lowest BCUT2D eigenvalue weighted by Crippen LogP contribution is -2.26. The Morgan fingerprint density at radius 3 is 2.09 bits per heavy atom. The second-order valence-corrected chi connectivity index (χ2v) is 11.1. The van der Waals surface area contributed by atoms with Crippen molar-refractivity contribution in [2.75, 3.05) is 20.8 Å². The standard InChI is InChI=1S/C34H30N2O6S/c1-36(33(39)27-12-10-24(11-13-27)25-14-16-29(17-15-25)42-21-31(37)41-2)20-23-4-3-5-28(18-23)26-8-6-22(7-9-26)19-30-32(38)35-34(40)43-30/h3-18,38H,19-21H2,1-2H3,(H,35,40). The highest BCUT2D eigenvalue weighted by Gasteiger charge is 2.14. The number of hydrogen-bond acceptors (Lipinski definition) is 7. The Morgan fingerprint density at radius 2 is 1.47 bits per heavy atom. The maximum atomic E-state index is 13.2. The van der Waals surface area contributed by atoms with Gasteiger partial charge in [-0.3, -0.25) is 14.6 Å². The smallest absolute Gasteiger partial charge is 0.343 e. The van der Waals surface area contributed by atoms with Crippen LogP contribution >= 0.6 is 11.3 Å². The van der Waals surface area contributed by atoms with Gasteiger partial charge in [0.1, 0.15) is 5.75 Å². The molecule has 4 aromatic carbocycles. The zero-order valence-corrected chi connectivity index (χ0v) is 24.5. The average Bonchev–Trinajstić information content (AvgIpc) is 3.35. The molecule has 218 valence electrons. The zero-order valence-electron chi connectivity index (χ0n) is 23.7. The predicted molar refractivity (Wildman–Crippen MR) is 166 cm³/mol. The molecule has 0 aliphatic heterocycles. The third-order valence-electron chi connectivity index (χ3n) is 6.95. The number of H-pyrrole nitrogens is 1. The van der Waals surface area contributed by atoms with Crippen LogP contribution in [0.1, 0.15) is 26.4 Å². The maximum absolute atomic E-state index is 13.2. The Hall–Kier alpha value is -5.15. The number of esters is 1. The van der Waals surface area contributed by atoms with Gasteiger partial charge in [-0.25, -0.2) is 4.79 Å². The molecule has 5 aromatic rings. The van der Waals surface area contributed by atoms with E-state index < -0.39 is 5.97 Å². The number of carbonyl (C=O) groups is 2. The molecule has 0 unspecified atom stereocenters. The van der Waals surface area contributed by atoms with Crippen molar-refractivity contribution in [1.29, 1.82) is 0 Å². The van der Waals surface area contributed by atoms with Gasteiger partial charge < -0.3 is 19.5 Å². The van der Waals surface area contributed by atoms with Gasteiger partial charge in [0.2, 0.25) is 5.88 Å². The molecule has 8 nitrogen and oxygen atoms in total. The summed E-state index contributed by atoms with van der Waals surface area (Å²) in [6.45, 7) is 0.302. The van der Waals surface area contributed by atoms with E-state index in [9.17, 15) is 19.5 Å². The molecule has 43 heavy (non-hydrogen) atoms. The molecule has 1 aromatic heterocycles. The zero-order chi connectivity index (χ0) is 30.3. The lowest BCUT2D eigenvalue weighted by Gasteiger charge is -2.18. The third-order valence-corrected chi connectivity index (χ3v) is 7.82. The number of rotatable bonds is 10. The monoisotopic (exact) mass is 594 g/mol. The fourth-order valence-corrected chi connectivity index (χ4v) is 5.40. The van der Waals surface area contributed by atoms with Crippen molar-refractivity contribution in [3.8, 4) is 33.9 Å². The first-order chi connectivity index (χ1) is 20.8. The summed E-state index contributed by atoms with van der Waals surface area (Å²) < 4.78 is 9.98. The molecule has 0 spiro atoms. The number of methoxy groups -OCH3 is 1. The summed E-state index contributed by atoms with van der Waals surface area (Å²) in [4.78, 5) is 40.3. The normalized spacial score (nSPS) is 10.7. The van der Waals surface area contributed by atoms with Crippen LogP contribution < -0.4 is 9.61 Å². The summed E-state index contributed by atoms with van der Waals surface area (Å²) in [6, 6.07) is 30.9. The van der Waals surface area contributed by atoms with Crippen molar-refractivity contribution in [3.05, 3.63) is 128 Å². The number of amides is 1. The minimum atomic E-state index is -0.443. The van der Waals surface area contributed by atoms with Gasteiger partial charge in [-0.2, -0.15) is 0 Å².